The van der Waals surface area contributed by atoms with E-state index in [-0.39, 0.29) is 29.2 Å². The van der Waals surface area contributed by atoms with E-state index in [0.29, 0.717) is 5.52 Å². The van der Waals surface area contributed by atoms with Crippen LogP contribution in [0.5, 0.6) is 0 Å². The minimum Gasteiger partial charge on any atom is -0.287 e. The van der Waals surface area contributed by atoms with Crippen LogP contribution in [0.15, 0.2) is 70.6 Å². The Morgan fingerprint density at radius 3 is 2.46 bits per heavy atom. The molecule has 0 amide bonds. The summed E-state index contributed by atoms with van der Waals surface area (Å²) in [5.74, 6) is -0.525. The van der Waals surface area contributed by atoms with Gasteiger partial charge in [-0.15, -0.1) is 0 Å². The SMILES string of the molecule is O=c1c2ncccc2n(Cc2c(F)cccc2Cl)c(=O)n1Cc1ccncc1. The van der Waals surface area contributed by atoms with Crippen LogP contribution in [0.4, 0.5) is 4.39 Å². The zero-order valence-electron chi connectivity index (χ0n) is 14.5. The van der Waals surface area contributed by atoms with Gasteiger partial charge in [-0.25, -0.2) is 14.2 Å². The Bertz CT molecular complexity index is 1260. The fraction of sp³-hybridized carbons (Fsp3) is 0.100. The molecule has 3 heterocycles. The van der Waals surface area contributed by atoms with Crippen molar-refractivity contribution in [2.75, 3.05) is 0 Å². The van der Waals surface area contributed by atoms with Gasteiger partial charge in [-0.2, -0.15) is 0 Å². The van der Waals surface area contributed by atoms with E-state index in [1.807, 2.05) is 0 Å². The summed E-state index contributed by atoms with van der Waals surface area (Å²) < 4.78 is 16.7. The Morgan fingerprint density at radius 1 is 0.929 bits per heavy atom. The van der Waals surface area contributed by atoms with Crippen LogP contribution in [0.3, 0.4) is 0 Å². The third kappa shape index (κ3) is 3.20. The average molecular weight is 397 g/mol. The summed E-state index contributed by atoms with van der Waals surface area (Å²) in [6.07, 6.45) is 4.64. The van der Waals surface area contributed by atoms with Gasteiger partial charge in [0.1, 0.15) is 5.82 Å². The molecule has 0 atom stereocenters. The summed E-state index contributed by atoms with van der Waals surface area (Å²) in [6, 6.07) is 11.0. The Balaban J connectivity index is 1.95. The molecular formula is C20H14ClFN4O2. The summed E-state index contributed by atoms with van der Waals surface area (Å²) in [7, 11) is 0. The molecule has 8 heteroatoms. The van der Waals surface area contributed by atoms with Gasteiger partial charge in [0.15, 0.2) is 5.52 Å². The third-order valence-corrected chi connectivity index (χ3v) is 4.81. The van der Waals surface area contributed by atoms with Gasteiger partial charge in [0, 0.05) is 29.2 Å². The first kappa shape index (κ1) is 18.1. The van der Waals surface area contributed by atoms with Gasteiger partial charge in [0.25, 0.3) is 5.56 Å². The lowest BCUT2D eigenvalue weighted by atomic mass is 10.2. The van der Waals surface area contributed by atoms with Crippen molar-refractivity contribution >= 4 is 22.6 Å². The monoisotopic (exact) mass is 396 g/mol. The van der Waals surface area contributed by atoms with E-state index in [1.165, 1.54) is 22.9 Å². The number of hydrogen-bond acceptors (Lipinski definition) is 4. The summed E-state index contributed by atoms with van der Waals surface area (Å²) in [6.45, 7) is -0.0686. The van der Waals surface area contributed by atoms with Crippen molar-refractivity contribution in [2.24, 2.45) is 0 Å². The van der Waals surface area contributed by atoms with E-state index >= 15 is 0 Å². The molecule has 4 rings (SSSR count). The lowest BCUT2D eigenvalue weighted by Gasteiger charge is -2.15. The van der Waals surface area contributed by atoms with Gasteiger partial charge in [-0.05, 0) is 42.0 Å². The van der Waals surface area contributed by atoms with E-state index < -0.39 is 17.1 Å². The van der Waals surface area contributed by atoms with E-state index in [0.717, 1.165) is 10.1 Å². The maximum Gasteiger partial charge on any atom is 0.332 e. The van der Waals surface area contributed by atoms with Gasteiger partial charge in [0.05, 0.1) is 18.6 Å². The second-order valence-corrected chi connectivity index (χ2v) is 6.59. The Kier molecular flexibility index (Phi) is 4.75. The minimum atomic E-state index is -0.568. The van der Waals surface area contributed by atoms with Gasteiger partial charge in [-0.1, -0.05) is 17.7 Å². The highest BCUT2D eigenvalue weighted by Crippen LogP contribution is 2.20. The van der Waals surface area contributed by atoms with Gasteiger partial charge < -0.3 is 0 Å². The molecule has 0 aliphatic carbocycles. The molecule has 140 valence electrons. The third-order valence-electron chi connectivity index (χ3n) is 4.45. The molecule has 4 aromatic rings. The predicted octanol–water partition coefficient (Wildman–Crippen LogP) is 2.84. The molecule has 0 aliphatic heterocycles. The van der Waals surface area contributed by atoms with Crippen molar-refractivity contribution < 1.29 is 4.39 Å². The fourth-order valence-electron chi connectivity index (χ4n) is 3.05. The second-order valence-electron chi connectivity index (χ2n) is 6.19. The van der Waals surface area contributed by atoms with Crippen LogP contribution in [0, 0.1) is 5.82 Å². The number of halogens is 2. The van der Waals surface area contributed by atoms with Crippen LogP contribution in [0.1, 0.15) is 11.1 Å². The van der Waals surface area contributed by atoms with Crippen molar-refractivity contribution in [1.82, 2.24) is 19.1 Å². The highest BCUT2D eigenvalue weighted by atomic mass is 35.5. The number of hydrogen-bond donors (Lipinski definition) is 0. The number of fused-ring (bicyclic) bond motifs is 1. The lowest BCUT2D eigenvalue weighted by Crippen LogP contribution is -2.41. The molecule has 0 aliphatic rings. The predicted molar refractivity (Wildman–Crippen MR) is 104 cm³/mol. The first-order valence-electron chi connectivity index (χ1n) is 8.46. The Labute approximate surface area is 163 Å². The molecule has 0 fully saturated rings. The normalized spacial score (nSPS) is 11.1. The zero-order valence-corrected chi connectivity index (χ0v) is 15.3. The van der Waals surface area contributed by atoms with Crippen LogP contribution < -0.4 is 11.2 Å². The standard InChI is InChI=1S/C20H14ClFN4O2/c21-15-3-1-4-16(22)14(15)12-25-17-5-2-8-24-18(17)19(27)26(20(25)28)11-13-6-9-23-10-7-13/h1-10H,11-12H2. The smallest absolute Gasteiger partial charge is 0.287 e. The van der Waals surface area contributed by atoms with Crippen LogP contribution >= 0.6 is 11.6 Å². The zero-order chi connectivity index (χ0) is 19.7. The van der Waals surface area contributed by atoms with Gasteiger partial charge >= 0.3 is 5.69 Å². The van der Waals surface area contributed by atoms with Crippen molar-refractivity contribution in [1.29, 1.82) is 0 Å². The number of aromatic nitrogens is 4. The average Bonchev–Trinajstić information content (AvgIpc) is 2.71. The summed E-state index contributed by atoms with van der Waals surface area (Å²) in [5.41, 5.74) is 0.284. The number of nitrogens with zero attached hydrogens (tertiary/aromatic N) is 4. The highest BCUT2D eigenvalue weighted by molar-refractivity contribution is 6.31. The molecule has 1 aromatic carbocycles. The van der Waals surface area contributed by atoms with Crippen molar-refractivity contribution in [3.63, 3.8) is 0 Å². The minimum absolute atomic E-state index is 0.0533. The largest absolute Gasteiger partial charge is 0.332 e. The molecule has 3 aromatic heterocycles. The maximum atomic E-state index is 14.3. The van der Waals surface area contributed by atoms with Crippen molar-refractivity contribution in [3.8, 4) is 0 Å². The van der Waals surface area contributed by atoms with E-state index in [1.54, 1.807) is 42.7 Å². The van der Waals surface area contributed by atoms with Crippen molar-refractivity contribution in [2.45, 2.75) is 13.1 Å². The van der Waals surface area contributed by atoms with Gasteiger partial charge in [0.2, 0.25) is 0 Å². The summed E-state index contributed by atoms with van der Waals surface area (Å²) in [5, 5.41) is 0.204. The quantitative estimate of drug-likeness (QED) is 0.532. The second kappa shape index (κ2) is 7.36. The van der Waals surface area contributed by atoms with E-state index in [2.05, 4.69) is 9.97 Å². The molecule has 0 unspecified atom stereocenters. The van der Waals surface area contributed by atoms with Gasteiger partial charge in [-0.3, -0.25) is 18.9 Å². The summed E-state index contributed by atoms with van der Waals surface area (Å²) in [4.78, 5) is 34.1. The highest BCUT2D eigenvalue weighted by Gasteiger charge is 2.17. The first-order valence-corrected chi connectivity index (χ1v) is 8.84. The molecular weight excluding hydrogens is 383 g/mol. The molecule has 28 heavy (non-hydrogen) atoms. The maximum absolute atomic E-state index is 14.3. The number of benzene rings is 1. The van der Waals surface area contributed by atoms with Crippen LogP contribution in [0.25, 0.3) is 11.0 Å². The number of rotatable bonds is 4. The van der Waals surface area contributed by atoms with E-state index in [4.69, 9.17) is 11.6 Å². The summed E-state index contributed by atoms with van der Waals surface area (Å²) >= 11 is 6.14. The molecule has 0 radical (unpaired) electrons. The topological polar surface area (TPSA) is 69.8 Å². The number of pyridine rings is 2. The van der Waals surface area contributed by atoms with E-state index in [9.17, 15) is 14.0 Å². The fourth-order valence-corrected chi connectivity index (χ4v) is 3.27. The molecule has 0 bridgehead atoms. The molecule has 0 spiro atoms. The molecule has 0 saturated carbocycles. The molecule has 6 nitrogen and oxygen atoms in total. The van der Waals surface area contributed by atoms with Crippen molar-refractivity contribution in [3.05, 3.63) is 104 Å². The lowest BCUT2D eigenvalue weighted by molar-refractivity contribution is 0.583. The molecule has 0 N–H and O–H groups in total. The van der Waals surface area contributed by atoms with Crippen LogP contribution in [0.2, 0.25) is 5.02 Å². The van der Waals surface area contributed by atoms with Crippen LogP contribution in [-0.4, -0.2) is 19.1 Å². The Hall–Kier alpha value is -3.32. The molecule has 0 saturated heterocycles. The van der Waals surface area contributed by atoms with Crippen LogP contribution in [-0.2, 0) is 13.1 Å². The Morgan fingerprint density at radius 2 is 1.71 bits per heavy atom. The first-order chi connectivity index (χ1) is 13.6.